The molecule has 14 heavy (non-hydrogen) atoms. The van der Waals surface area contributed by atoms with E-state index in [1.54, 1.807) is 0 Å². The minimum Gasteiger partial charge on any atom is -0.299 e. The summed E-state index contributed by atoms with van der Waals surface area (Å²) < 4.78 is 13.4. The van der Waals surface area contributed by atoms with Crippen LogP contribution in [0.25, 0.3) is 0 Å². The Morgan fingerprint density at radius 3 is 2.71 bits per heavy atom. The Hall–Kier alpha value is -0.630. The first-order valence-corrected chi connectivity index (χ1v) is 5.63. The van der Waals surface area contributed by atoms with Gasteiger partial charge in [-0.1, -0.05) is 18.6 Å². The molecule has 0 saturated carbocycles. The largest absolute Gasteiger partial charge is 0.299 e. The monoisotopic (exact) mass is 195 g/mol. The molecule has 1 nitrogen and oxygen atoms in total. The Labute approximate surface area is 85.3 Å². The lowest BCUT2D eigenvalue weighted by Crippen LogP contribution is -2.31. The Kier molecular flexibility index (Phi) is 3.35. The summed E-state index contributed by atoms with van der Waals surface area (Å²) in [6.07, 6.45) is 9.43. The lowest BCUT2D eigenvalue weighted by atomic mass is 10.0. The molecule has 0 N–H and O–H groups in total. The van der Waals surface area contributed by atoms with Gasteiger partial charge in [0.1, 0.15) is 5.83 Å². The van der Waals surface area contributed by atoms with Crippen molar-refractivity contribution in [1.29, 1.82) is 0 Å². The molecule has 0 aromatic heterocycles. The molecule has 1 aliphatic carbocycles. The van der Waals surface area contributed by atoms with Crippen molar-refractivity contribution in [2.75, 3.05) is 19.6 Å². The number of allylic oxidation sites excluding steroid dienone is 2. The van der Waals surface area contributed by atoms with E-state index in [9.17, 15) is 4.39 Å². The van der Waals surface area contributed by atoms with Crippen molar-refractivity contribution in [1.82, 2.24) is 4.90 Å². The van der Waals surface area contributed by atoms with E-state index in [0.29, 0.717) is 6.42 Å². The minimum absolute atomic E-state index is 0.109. The normalized spacial score (nSPS) is 24.4. The molecule has 1 aliphatic heterocycles. The van der Waals surface area contributed by atoms with E-state index in [2.05, 4.69) is 11.0 Å². The third-order valence-corrected chi connectivity index (χ3v) is 3.04. The van der Waals surface area contributed by atoms with E-state index in [1.165, 1.54) is 19.3 Å². The van der Waals surface area contributed by atoms with E-state index in [0.717, 1.165) is 31.6 Å². The fourth-order valence-electron chi connectivity index (χ4n) is 2.18. The van der Waals surface area contributed by atoms with Crippen LogP contribution in [-0.4, -0.2) is 24.5 Å². The molecule has 2 heteroatoms. The SMILES string of the molecule is FC1=C(CN2CCCCC2)C=CCC1. The molecule has 0 amide bonds. The molecule has 0 spiro atoms. The van der Waals surface area contributed by atoms with Gasteiger partial charge in [-0.15, -0.1) is 0 Å². The van der Waals surface area contributed by atoms with Crippen LogP contribution in [0.15, 0.2) is 23.6 Å². The molecule has 0 bridgehead atoms. The van der Waals surface area contributed by atoms with Gasteiger partial charge >= 0.3 is 0 Å². The standard InChI is InChI=1S/C12H18FN/c13-12-7-3-2-6-11(12)10-14-8-4-1-5-9-14/h2,6H,1,3-5,7-10H2. The van der Waals surface area contributed by atoms with E-state index in [-0.39, 0.29) is 5.83 Å². The second-order valence-electron chi connectivity index (χ2n) is 4.21. The first-order chi connectivity index (χ1) is 6.86. The average molecular weight is 195 g/mol. The van der Waals surface area contributed by atoms with Gasteiger partial charge in [0.15, 0.2) is 0 Å². The Morgan fingerprint density at radius 2 is 2.00 bits per heavy atom. The third-order valence-electron chi connectivity index (χ3n) is 3.04. The average Bonchev–Trinajstić information content (AvgIpc) is 2.23. The fourth-order valence-corrected chi connectivity index (χ4v) is 2.18. The maximum Gasteiger partial charge on any atom is 0.105 e. The molecule has 1 heterocycles. The van der Waals surface area contributed by atoms with Crippen molar-refractivity contribution in [2.45, 2.75) is 32.1 Å². The molecule has 2 rings (SSSR count). The molecule has 0 atom stereocenters. The summed E-state index contributed by atoms with van der Waals surface area (Å²) in [5, 5.41) is 0. The zero-order chi connectivity index (χ0) is 9.80. The Bertz CT molecular complexity index is 249. The van der Waals surface area contributed by atoms with Gasteiger partial charge in [-0.2, -0.15) is 0 Å². The van der Waals surface area contributed by atoms with Crippen LogP contribution in [0.5, 0.6) is 0 Å². The predicted octanol–water partition coefficient (Wildman–Crippen LogP) is 3.05. The van der Waals surface area contributed by atoms with Crippen molar-refractivity contribution in [3.8, 4) is 0 Å². The quantitative estimate of drug-likeness (QED) is 0.654. The van der Waals surface area contributed by atoms with Gasteiger partial charge < -0.3 is 0 Å². The molecule has 1 saturated heterocycles. The van der Waals surface area contributed by atoms with Gasteiger partial charge in [0.2, 0.25) is 0 Å². The summed E-state index contributed by atoms with van der Waals surface area (Å²) in [6.45, 7) is 3.11. The maximum atomic E-state index is 13.4. The summed E-state index contributed by atoms with van der Waals surface area (Å²) in [4.78, 5) is 2.37. The zero-order valence-corrected chi connectivity index (χ0v) is 8.64. The van der Waals surface area contributed by atoms with Crippen LogP contribution >= 0.6 is 0 Å². The van der Waals surface area contributed by atoms with Crippen LogP contribution in [0.4, 0.5) is 4.39 Å². The van der Waals surface area contributed by atoms with Crippen molar-refractivity contribution >= 4 is 0 Å². The van der Waals surface area contributed by atoms with E-state index >= 15 is 0 Å². The number of rotatable bonds is 2. The van der Waals surface area contributed by atoms with Crippen LogP contribution in [0.2, 0.25) is 0 Å². The van der Waals surface area contributed by atoms with Gasteiger partial charge in [0.05, 0.1) is 0 Å². The van der Waals surface area contributed by atoms with Crippen molar-refractivity contribution < 1.29 is 4.39 Å². The summed E-state index contributed by atoms with van der Waals surface area (Å²) in [7, 11) is 0. The molecule has 0 radical (unpaired) electrons. The van der Waals surface area contributed by atoms with Gasteiger partial charge in [-0.25, -0.2) is 4.39 Å². The highest BCUT2D eigenvalue weighted by Gasteiger charge is 2.14. The summed E-state index contributed by atoms with van der Waals surface area (Å²) >= 11 is 0. The van der Waals surface area contributed by atoms with Crippen molar-refractivity contribution in [3.05, 3.63) is 23.6 Å². The summed E-state index contributed by atoms with van der Waals surface area (Å²) in [6, 6.07) is 0. The Balaban J connectivity index is 1.92. The van der Waals surface area contributed by atoms with Gasteiger partial charge in [0, 0.05) is 13.0 Å². The molecule has 1 fully saturated rings. The van der Waals surface area contributed by atoms with E-state index < -0.39 is 0 Å². The molecule has 0 aromatic rings. The fraction of sp³-hybridized carbons (Fsp3) is 0.667. The highest BCUT2D eigenvalue weighted by molar-refractivity contribution is 5.27. The smallest absolute Gasteiger partial charge is 0.105 e. The number of nitrogens with zero attached hydrogens (tertiary/aromatic N) is 1. The maximum absolute atomic E-state index is 13.4. The first kappa shape index (κ1) is 9.91. The second-order valence-corrected chi connectivity index (χ2v) is 4.21. The van der Waals surface area contributed by atoms with E-state index in [4.69, 9.17) is 0 Å². The molecule has 2 aliphatic rings. The van der Waals surface area contributed by atoms with Gasteiger partial charge in [-0.05, 0) is 37.9 Å². The second kappa shape index (κ2) is 4.74. The minimum atomic E-state index is 0.109. The number of hydrogen-bond donors (Lipinski definition) is 0. The predicted molar refractivity (Wildman–Crippen MR) is 56.8 cm³/mol. The molecule has 78 valence electrons. The van der Waals surface area contributed by atoms with Crippen LogP contribution in [0.3, 0.4) is 0 Å². The van der Waals surface area contributed by atoms with Crippen LogP contribution in [0.1, 0.15) is 32.1 Å². The summed E-state index contributed by atoms with van der Waals surface area (Å²) in [5.41, 5.74) is 0.915. The molecule has 0 aromatic carbocycles. The molecule has 0 unspecified atom stereocenters. The van der Waals surface area contributed by atoms with Crippen LogP contribution in [0, 0.1) is 0 Å². The lowest BCUT2D eigenvalue weighted by molar-refractivity contribution is 0.246. The topological polar surface area (TPSA) is 3.24 Å². The highest BCUT2D eigenvalue weighted by Crippen LogP contribution is 2.21. The zero-order valence-electron chi connectivity index (χ0n) is 8.64. The number of piperidine rings is 1. The number of halogens is 1. The highest BCUT2D eigenvalue weighted by atomic mass is 19.1. The van der Waals surface area contributed by atoms with Crippen molar-refractivity contribution in [3.63, 3.8) is 0 Å². The number of hydrogen-bond acceptors (Lipinski definition) is 1. The van der Waals surface area contributed by atoms with Gasteiger partial charge in [0.25, 0.3) is 0 Å². The van der Waals surface area contributed by atoms with E-state index in [1.807, 2.05) is 6.08 Å². The molecular weight excluding hydrogens is 177 g/mol. The molecular formula is C12H18FN. The Morgan fingerprint density at radius 1 is 1.21 bits per heavy atom. The third kappa shape index (κ3) is 2.44. The summed E-state index contributed by atoms with van der Waals surface area (Å²) in [5.74, 6) is 0.109. The lowest BCUT2D eigenvalue weighted by Gasteiger charge is -2.27. The van der Waals surface area contributed by atoms with Crippen molar-refractivity contribution in [2.24, 2.45) is 0 Å². The van der Waals surface area contributed by atoms with Crippen LogP contribution in [-0.2, 0) is 0 Å². The van der Waals surface area contributed by atoms with Crippen LogP contribution < -0.4 is 0 Å². The number of likely N-dealkylation sites (tertiary alicyclic amines) is 1. The van der Waals surface area contributed by atoms with Gasteiger partial charge in [-0.3, -0.25) is 4.90 Å². The first-order valence-electron chi connectivity index (χ1n) is 5.63.